The van der Waals surface area contributed by atoms with Gasteiger partial charge >= 0.3 is 6.09 Å². The topological polar surface area (TPSA) is 29.5 Å². The summed E-state index contributed by atoms with van der Waals surface area (Å²) >= 11 is 1.79. The van der Waals surface area contributed by atoms with Crippen LogP contribution in [0.25, 0.3) is 0 Å². The van der Waals surface area contributed by atoms with Crippen LogP contribution in [-0.2, 0) is 17.6 Å². The number of hydrogen-bond acceptors (Lipinski definition) is 3. The fraction of sp³-hybridized carbons (Fsp3) is 0.667. The Balaban J connectivity index is 2.11. The van der Waals surface area contributed by atoms with Gasteiger partial charge in [-0.2, -0.15) is 0 Å². The Morgan fingerprint density at radius 2 is 2.16 bits per heavy atom. The van der Waals surface area contributed by atoms with Gasteiger partial charge in [0.25, 0.3) is 0 Å². The van der Waals surface area contributed by atoms with E-state index in [1.807, 2.05) is 27.8 Å². The molecule has 1 aliphatic rings. The lowest BCUT2D eigenvalue weighted by Crippen LogP contribution is -2.51. The van der Waals surface area contributed by atoms with E-state index in [1.165, 1.54) is 10.4 Å². The summed E-state index contributed by atoms with van der Waals surface area (Å²) < 4.78 is 5.48. The molecule has 0 spiro atoms. The van der Waals surface area contributed by atoms with Crippen LogP contribution in [0.4, 0.5) is 4.79 Å². The molecular weight excluding hydrogens is 258 g/mol. The molecule has 0 saturated carbocycles. The van der Waals surface area contributed by atoms with Crippen LogP contribution in [0.5, 0.6) is 0 Å². The average molecular weight is 281 g/mol. The number of ether oxygens (including phenoxy) is 1. The molecular formula is C15H23NO2S. The first-order valence-electron chi connectivity index (χ1n) is 6.73. The van der Waals surface area contributed by atoms with Gasteiger partial charge in [-0.1, -0.05) is 0 Å². The van der Waals surface area contributed by atoms with Crippen molar-refractivity contribution in [1.29, 1.82) is 0 Å². The lowest BCUT2D eigenvalue weighted by Gasteiger charge is -2.41. The molecule has 0 aliphatic heterocycles. The van der Waals surface area contributed by atoms with E-state index in [9.17, 15) is 4.79 Å². The normalized spacial score (nSPS) is 22.8. The molecule has 1 aromatic heterocycles. The molecule has 0 fully saturated rings. The number of nitrogens with zero attached hydrogens (tertiary/aromatic N) is 1. The molecule has 1 aromatic rings. The fourth-order valence-electron chi connectivity index (χ4n) is 2.42. The molecule has 1 heterocycles. The molecule has 1 amide bonds. The number of likely N-dealkylation sites (N-methyl/N-ethyl adjacent to an activating group) is 1. The van der Waals surface area contributed by atoms with E-state index < -0.39 is 5.60 Å². The smallest absolute Gasteiger partial charge is 0.410 e. The SMILES string of the molecule is CN(C(=O)OC(C)(C)C)[C@]1(C)CCc2ccsc2C1. The summed E-state index contributed by atoms with van der Waals surface area (Å²) in [5.74, 6) is 0. The molecule has 19 heavy (non-hydrogen) atoms. The van der Waals surface area contributed by atoms with Gasteiger partial charge in [0.15, 0.2) is 0 Å². The summed E-state index contributed by atoms with van der Waals surface area (Å²) in [6, 6.07) is 2.20. The first kappa shape index (κ1) is 14.4. The highest BCUT2D eigenvalue weighted by atomic mass is 32.1. The summed E-state index contributed by atoms with van der Waals surface area (Å²) in [5, 5.41) is 2.14. The van der Waals surface area contributed by atoms with Gasteiger partial charge in [-0.15, -0.1) is 11.3 Å². The van der Waals surface area contributed by atoms with Crippen LogP contribution >= 0.6 is 11.3 Å². The first-order chi connectivity index (χ1) is 8.71. The number of hydrogen-bond donors (Lipinski definition) is 0. The molecule has 3 nitrogen and oxygen atoms in total. The van der Waals surface area contributed by atoms with Gasteiger partial charge in [0.1, 0.15) is 5.60 Å². The van der Waals surface area contributed by atoms with E-state index in [-0.39, 0.29) is 11.6 Å². The lowest BCUT2D eigenvalue weighted by molar-refractivity contribution is 0.00572. The Hall–Kier alpha value is -1.03. The molecule has 1 aliphatic carbocycles. The van der Waals surface area contributed by atoms with Crippen molar-refractivity contribution in [2.45, 2.75) is 58.1 Å². The largest absolute Gasteiger partial charge is 0.444 e. The van der Waals surface area contributed by atoms with Gasteiger partial charge in [-0.3, -0.25) is 0 Å². The summed E-state index contributed by atoms with van der Waals surface area (Å²) in [4.78, 5) is 15.4. The van der Waals surface area contributed by atoms with Crippen molar-refractivity contribution < 1.29 is 9.53 Å². The van der Waals surface area contributed by atoms with E-state index >= 15 is 0 Å². The maximum atomic E-state index is 12.2. The van der Waals surface area contributed by atoms with Crippen molar-refractivity contribution in [2.75, 3.05) is 7.05 Å². The Kier molecular flexibility index (Phi) is 3.65. The average Bonchev–Trinajstić information content (AvgIpc) is 2.72. The van der Waals surface area contributed by atoms with Crippen LogP contribution in [0, 0.1) is 0 Å². The number of carbonyl (C=O) groups is 1. The number of carbonyl (C=O) groups excluding carboxylic acids is 1. The highest BCUT2D eigenvalue weighted by Crippen LogP contribution is 2.35. The van der Waals surface area contributed by atoms with Crippen molar-refractivity contribution in [3.8, 4) is 0 Å². The molecule has 0 aromatic carbocycles. The summed E-state index contributed by atoms with van der Waals surface area (Å²) in [6.07, 6.45) is 2.74. The van der Waals surface area contributed by atoms with E-state index in [2.05, 4.69) is 18.4 Å². The standard InChI is InChI=1S/C15H23NO2S/c1-14(2,3)18-13(17)16(5)15(4)8-6-11-7-9-19-12(11)10-15/h7,9H,6,8,10H2,1-5H3/t15-/m1/s1. The van der Waals surface area contributed by atoms with Crippen molar-refractivity contribution in [2.24, 2.45) is 0 Å². The molecule has 4 heteroatoms. The predicted octanol–water partition coefficient (Wildman–Crippen LogP) is 3.86. The molecule has 0 radical (unpaired) electrons. The summed E-state index contributed by atoms with van der Waals surface area (Å²) in [6.45, 7) is 7.86. The fourth-order valence-corrected chi connectivity index (χ4v) is 3.53. The maximum absolute atomic E-state index is 12.2. The van der Waals surface area contributed by atoms with Gasteiger partial charge in [0, 0.05) is 23.9 Å². The van der Waals surface area contributed by atoms with Crippen LogP contribution in [-0.4, -0.2) is 29.2 Å². The summed E-state index contributed by atoms with van der Waals surface area (Å²) in [5.41, 5.74) is 0.866. The molecule has 2 rings (SSSR count). The minimum Gasteiger partial charge on any atom is -0.444 e. The number of fused-ring (bicyclic) bond motifs is 1. The van der Waals surface area contributed by atoms with E-state index in [4.69, 9.17) is 4.74 Å². The highest BCUT2D eigenvalue weighted by Gasteiger charge is 2.38. The van der Waals surface area contributed by atoms with Crippen LogP contribution < -0.4 is 0 Å². The Morgan fingerprint density at radius 1 is 1.47 bits per heavy atom. The highest BCUT2D eigenvalue weighted by molar-refractivity contribution is 7.10. The zero-order valence-corrected chi connectivity index (χ0v) is 13.3. The van der Waals surface area contributed by atoms with Gasteiger partial charge in [0.05, 0.1) is 0 Å². The molecule has 0 N–H and O–H groups in total. The van der Waals surface area contributed by atoms with Gasteiger partial charge < -0.3 is 9.64 Å². The van der Waals surface area contributed by atoms with Gasteiger partial charge in [-0.05, 0) is 57.5 Å². The number of thiophene rings is 1. The second-order valence-corrected chi connectivity index (χ2v) is 7.58. The number of amides is 1. The second-order valence-electron chi connectivity index (χ2n) is 6.58. The zero-order valence-electron chi connectivity index (χ0n) is 12.4. The third kappa shape index (κ3) is 3.11. The van der Waals surface area contributed by atoms with Crippen LogP contribution in [0.3, 0.4) is 0 Å². The van der Waals surface area contributed by atoms with Crippen molar-refractivity contribution >= 4 is 17.4 Å². The Labute approximate surface area is 119 Å². The van der Waals surface area contributed by atoms with Gasteiger partial charge in [0.2, 0.25) is 0 Å². The van der Waals surface area contributed by atoms with Crippen LogP contribution in [0.2, 0.25) is 0 Å². The quantitative estimate of drug-likeness (QED) is 0.782. The number of aryl methyl sites for hydroxylation is 1. The third-order valence-corrected chi connectivity index (χ3v) is 4.75. The van der Waals surface area contributed by atoms with Gasteiger partial charge in [-0.25, -0.2) is 4.79 Å². The van der Waals surface area contributed by atoms with Crippen molar-refractivity contribution in [3.05, 3.63) is 21.9 Å². The molecule has 106 valence electrons. The second kappa shape index (κ2) is 4.82. The van der Waals surface area contributed by atoms with Crippen LogP contribution in [0.1, 0.15) is 44.6 Å². The zero-order chi connectivity index (χ0) is 14.3. The van der Waals surface area contributed by atoms with E-state index in [0.717, 1.165) is 19.3 Å². The number of rotatable bonds is 1. The third-order valence-electron chi connectivity index (χ3n) is 3.79. The Bertz CT molecular complexity index is 475. The van der Waals surface area contributed by atoms with Crippen molar-refractivity contribution in [1.82, 2.24) is 4.90 Å². The predicted molar refractivity (Wildman–Crippen MR) is 78.7 cm³/mol. The molecule has 0 unspecified atom stereocenters. The van der Waals surface area contributed by atoms with Crippen molar-refractivity contribution in [3.63, 3.8) is 0 Å². The lowest BCUT2D eigenvalue weighted by atomic mass is 9.82. The molecule has 0 saturated heterocycles. The molecule has 0 bridgehead atoms. The van der Waals surface area contributed by atoms with E-state index in [1.54, 1.807) is 16.2 Å². The minimum absolute atomic E-state index is 0.139. The van der Waals surface area contributed by atoms with Crippen LogP contribution in [0.15, 0.2) is 11.4 Å². The Morgan fingerprint density at radius 3 is 2.79 bits per heavy atom. The maximum Gasteiger partial charge on any atom is 0.410 e. The monoisotopic (exact) mass is 281 g/mol. The van der Waals surface area contributed by atoms with E-state index in [0.29, 0.717) is 0 Å². The minimum atomic E-state index is -0.440. The summed E-state index contributed by atoms with van der Waals surface area (Å²) in [7, 11) is 1.85. The first-order valence-corrected chi connectivity index (χ1v) is 7.61. The molecule has 1 atom stereocenters.